The summed E-state index contributed by atoms with van der Waals surface area (Å²) >= 11 is 0. The molecule has 1 saturated heterocycles. The number of carbonyl (C=O) groups excluding carboxylic acids is 1. The van der Waals surface area contributed by atoms with Crippen molar-refractivity contribution < 1.29 is 4.79 Å². The van der Waals surface area contributed by atoms with Crippen LogP contribution < -0.4 is 5.32 Å². The summed E-state index contributed by atoms with van der Waals surface area (Å²) in [6.45, 7) is 3.76. The number of carbonyl (C=O) groups is 1. The Morgan fingerprint density at radius 3 is 3.00 bits per heavy atom. The number of aromatic amines is 1. The second-order valence-corrected chi connectivity index (χ2v) is 4.11. The fourth-order valence-electron chi connectivity index (χ4n) is 2.10. The first-order valence-corrected chi connectivity index (χ1v) is 5.39. The van der Waals surface area contributed by atoms with Crippen LogP contribution in [0.4, 0.5) is 0 Å². The Bertz CT molecular complexity index is 603. The van der Waals surface area contributed by atoms with Crippen LogP contribution >= 0.6 is 0 Å². The van der Waals surface area contributed by atoms with Crippen LogP contribution in [0, 0.1) is 0 Å². The van der Waals surface area contributed by atoms with Gasteiger partial charge >= 0.3 is 0 Å². The summed E-state index contributed by atoms with van der Waals surface area (Å²) in [5.41, 5.74) is 2.30. The van der Waals surface area contributed by atoms with Gasteiger partial charge in [0.2, 0.25) is 5.91 Å². The molecule has 3 heterocycles. The Morgan fingerprint density at radius 1 is 1.35 bits per heavy atom. The Morgan fingerprint density at radius 2 is 2.18 bits per heavy atom. The average molecular weight is 229 g/mol. The second-order valence-electron chi connectivity index (χ2n) is 4.11. The summed E-state index contributed by atoms with van der Waals surface area (Å²) < 4.78 is 0. The van der Waals surface area contributed by atoms with Gasteiger partial charge in [0.15, 0.2) is 0 Å². The van der Waals surface area contributed by atoms with Crippen LogP contribution in [-0.2, 0) is 4.79 Å². The van der Waals surface area contributed by atoms with Gasteiger partial charge in [-0.2, -0.15) is 15.3 Å². The molecule has 6 nitrogen and oxygen atoms in total. The number of hydrogen-bond acceptors (Lipinski definition) is 4. The van der Waals surface area contributed by atoms with E-state index in [4.69, 9.17) is 0 Å². The summed E-state index contributed by atoms with van der Waals surface area (Å²) in [5.74, 6) is -0.287. The van der Waals surface area contributed by atoms with Gasteiger partial charge in [-0.3, -0.25) is 9.89 Å². The van der Waals surface area contributed by atoms with Crippen molar-refractivity contribution in [3.63, 3.8) is 0 Å². The minimum Gasteiger partial charge on any atom is -0.330 e. The Hall–Kier alpha value is -2.24. The molecule has 0 spiro atoms. The molecule has 1 aliphatic heterocycles. The molecule has 0 radical (unpaired) electrons. The molecule has 1 fully saturated rings. The van der Waals surface area contributed by atoms with E-state index in [2.05, 4.69) is 32.3 Å². The fraction of sp³-hybridized carbons (Fsp3) is 0.273. The maximum Gasteiger partial charge on any atom is 0.233 e. The predicted octanol–water partition coefficient (Wildman–Crippen LogP) is 0.860. The van der Waals surface area contributed by atoms with Gasteiger partial charge in [0.05, 0.1) is 29.5 Å². The first kappa shape index (κ1) is 9.95. The molecule has 0 bridgehead atoms. The summed E-state index contributed by atoms with van der Waals surface area (Å²) in [7, 11) is 0. The van der Waals surface area contributed by atoms with E-state index in [9.17, 15) is 4.79 Å². The Labute approximate surface area is 97.1 Å². The number of allylic oxidation sites excluding steroid dienone is 1. The third kappa shape index (κ3) is 1.57. The zero-order valence-corrected chi connectivity index (χ0v) is 9.10. The number of hydrogen-bond donors (Lipinski definition) is 2. The van der Waals surface area contributed by atoms with Crippen molar-refractivity contribution in [2.45, 2.75) is 18.8 Å². The number of nitrogens with zero attached hydrogens (tertiary/aromatic N) is 3. The number of H-pyrrole nitrogens is 1. The summed E-state index contributed by atoms with van der Waals surface area (Å²) in [6, 6.07) is 0. The molecule has 0 saturated carbocycles. The topological polar surface area (TPSA) is 83.6 Å². The Kier molecular flexibility index (Phi) is 2.14. The third-order valence-electron chi connectivity index (χ3n) is 2.98. The van der Waals surface area contributed by atoms with E-state index in [1.807, 2.05) is 0 Å². The van der Waals surface area contributed by atoms with Crippen molar-refractivity contribution >= 4 is 16.8 Å². The molecule has 2 N–H and O–H groups in total. The van der Waals surface area contributed by atoms with Crippen LogP contribution in [0.3, 0.4) is 0 Å². The zero-order valence-electron chi connectivity index (χ0n) is 9.10. The molecule has 1 aliphatic rings. The van der Waals surface area contributed by atoms with E-state index < -0.39 is 0 Å². The lowest BCUT2D eigenvalue weighted by Crippen LogP contribution is -2.33. The van der Waals surface area contributed by atoms with E-state index >= 15 is 0 Å². The second kappa shape index (κ2) is 3.65. The standard InChI is InChI=1S/C11H11N5O/c1-6-2-3-7(11(17)14-6)10-8-4-12-13-5-9(8)15-16-10/h4-5,7H,1-3H2,(H,14,17)(H,15,16). The molecule has 86 valence electrons. The van der Waals surface area contributed by atoms with Crippen molar-refractivity contribution in [3.8, 4) is 0 Å². The van der Waals surface area contributed by atoms with Gasteiger partial charge in [0, 0.05) is 11.1 Å². The van der Waals surface area contributed by atoms with Gasteiger partial charge in [0.1, 0.15) is 0 Å². The largest absolute Gasteiger partial charge is 0.330 e. The zero-order chi connectivity index (χ0) is 11.8. The summed E-state index contributed by atoms with van der Waals surface area (Å²) in [5, 5.41) is 18.3. The molecule has 0 aromatic carbocycles. The highest BCUT2D eigenvalue weighted by Gasteiger charge is 2.29. The summed E-state index contributed by atoms with van der Waals surface area (Å²) in [4.78, 5) is 11.9. The van der Waals surface area contributed by atoms with Crippen LogP contribution in [0.2, 0.25) is 0 Å². The van der Waals surface area contributed by atoms with Gasteiger partial charge in [-0.25, -0.2) is 0 Å². The number of rotatable bonds is 1. The van der Waals surface area contributed by atoms with Crippen LogP contribution in [0.25, 0.3) is 10.9 Å². The van der Waals surface area contributed by atoms with E-state index in [-0.39, 0.29) is 11.8 Å². The number of piperidine rings is 1. The first-order chi connectivity index (χ1) is 8.25. The van der Waals surface area contributed by atoms with Crippen LogP contribution in [0.15, 0.2) is 24.7 Å². The SMILES string of the molecule is C=C1CCC(c2n[nH]c3cnncc23)C(=O)N1. The fourth-order valence-corrected chi connectivity index (χ4v) is 2.10. The molecule has 2 aromatic heterocycles. The summed E-state index contributed by atoms with van der Waals surface area (Å²) in [6.07, 6.45) is 4.74. The minimum atomic E-state index is -0.238. The van der Waals surface area contributed by atoms with Crippen molar-refractivity contribution in [1.82, 2.24) is 25.7 Å². The maximum absolute atomic E-state index is 11.9. The molecule has 6 heteroatoms. The molecule has 2 aromatic rings. The smallest absolute Gasteiger partial charge is 0.233 e. The van der Waals surface area contributed by atoms with Crippen molar-refractivity contribution in [2.24, 2.45) is 0 Å². The first-order valence-electron chi connectivity index (χ1n) is 5.39. The third-order valence-corrected chi connectivity index (χ3v) is 2.98. The predicted molar refractivity (Wildman–Crippen MR) is 60.9 cm³/mol. The minimum absolute atomic E-state index is 0.0496. The van der Waals surface area contributed by atoms with Crippen LogP contribution in [-0.4, -0.2) is 26.3 Å². The lowest BCUT2D eigenvalue weighted by molar-refractivity contribution is -0.122. The van der Waals surface area contributed by atoms with E-state index in [0.717, 1.165) is 35.1 Å². The molecule has 0 aliphatic carbocycles. The maximum atomic E-state index is 11.9. The number of aromatic nitrogens is 4. The molecule has 1 amide bonds. The molecule has 3 rings (SSSR count). The molecule has 17 heavy (non-hydrogen) atoms. The van der Waals surface area contributed by atoms with E-state index in [0.29, 0.717) is 0 Å². The Balaban J connectivity index is 2.04. The molecule has 1 unspecified atom stereocenters. The molecular formula is C11H11N5O. The monoisotopic (exact) mass is 229 g/mol. The lowest BCUT2D eigenvalue weighted by atomic mass is 9.92. The van der Waals surface area contributed by atoms with Gasteiger partial charge in [0.25, 0.3) is 0 Å². The quantitative estimate of drug-likeness (QED) is 0.759. The van der Waals surface area contributed by atoms with Gasteiger partial charge in [-0.05, 0) is 12.8 Å². The van der Waals surface area contributed by atoms with Crippen LogP contribution in [0.1, 0.15) is 24.5 Å². The molecule has 1 atom stereocenters. The number of nitrogens with one attached hydrogen (secondary N) is 2. The van der Waals surface area contributed by atoms with E-state index in [1.54, 1.807) is 12.4 Å². The van der Waals surface area contributed by atoms with Gasteiger partial charge in [-0.15, -0.1) is 0 Å². The van der Waals surface area contributed by atoms with Crippen molar-refractivity contribution in [3.05, 3.63) is 30.4 Å². The van der Waals surface area contributed by atoms with Gasteiger partial charge in [-0.1, -0.05) is 6.58 Å². The highest BCUT2D eigenvalue weighted by atomic mass is 16.2. The highest BCUT2D eigenvalue weighted by Crippen LogP contribution is 2.29. The average Bonchev–Trinajstić information content (AvgIpc) is 2.73. The number of amides is 1. The normalized spacial score (nSPS) is 20.6. The molecular weight excluding hydrogens is 218 g/mol. The van der Waals surface area contributed by atoms with Crippen LogP contribution in [0.5, 0.6) is 0 Å². The van der Waals surface area contributed by atoms with Gasteiger partial charge < -0.3 is 5.32 Å². The van der Waals surface area contributed by atoms with E-state index in [1.165, 1.54) is 0 Å². The highest BCUT2D eigenvalue weighted by molar-refractivity contribution is 5.91. The van der Waals surface area contributed by atoms with Crippen molar-refractivity contribution in [2.75, 3.05) is 0 Å². The number of fused-ring (bicyclic) bond motifs is 1. The van der Waals surface area contributed by atoms with Crippen molar-refractivity contribution in [1.29, 1.82) is 0 Å². The lowest BCUT2D eigenvalue weighted by Gasteiger charge is -2.22.